The number of carbonyl (C=O) groups excluding carboxylic acids is 1. The van der Waals surface area contributed by atoms with E-state index in [4.69, 9.17) is 14.1 Å². The van der Waals surface area contributed by atoms with Gasteiger partial charge in [-0.25, -0.2) is 9.97 Å². The van der Waals surface area contributed by atoms with Crippen LogP contribution < -0.4 is 10.2 Å². The minimum Gasteiger partial charge on any atom is -0.462 e. The van der Waals surface area contributed by atoms with Crippen LogP contribution >= 0.6 is 0 Å². The zero-order valence-corrected chi connectivity index (χ0v) is 19.4. The van der Waals surface area contributed by atoms with E-state index < -0.39 is 0 Å². The van der Waals surface area contributed by atoms with Crippen molar-refractivity contribution in [3.8, 4) is 0 Å². The molecule has 0 radical (unpaired) electrons. The van der Waals surface area contributed by atoms with Gasteiger partial charge in [-0.1, -0.05) is 0 Å². The Kier molecular flexibility index (Phi) is 7.42. The predicted octanol–water partition coefficient (Wildman–Crippen LogP) is 2.95. The molecule has 8 nitrogen and oxygen atoms in total. The molecule has 2 atom stereocenters. The summed E-state index contributed by atoms with van der Waals surface area (Å²) in [6.45, 7) is 8.55. The highest BCUT2D eigenvalue weighted by Gasteiger charge is 2.40. The zero-order chi connectivity index (χ0) is 22.5. The Hall–Kier alpha value is -2.45. The van der Waals surface area contributed by atoms with Gasteiger partial charge in [-0.2, -0.15) is 0 Å². The van der Waals surface area contributed by atoms with Crippen LogP contribution in [0.5, 0.6) is 0 Å². The van der Waals surface area contributed by atoms with Crippen molar-refractivity contribution in [1.82, 2.24) is 20.2 Å². The van der Waals surface area contributed by atoms with Gasteiger partial charge < -0.3 is 19.4 Å². The monoisotopic (exact) mass is 441 g/mol. The zero-order valence-electron chi connectivity index (χ0n) is 19.4. The normalized spacial score (nSPS) is 21.9. The molecule has 0 saturated carbocycles. The lowest BCUT2D eigenvalue weighted by molar-refractivity contribution is -0.125. The lowest BCUT2D eigenvalue weighted by atomic mass is 9.91. The molecule has 0 aliphatic carbocycles. The van der Waals surface area contributed by atoms with Crippen molar-refractivity contribution >= 4 is 11.9 Å². The molecule has 2 saturated heterocycles. The molecular weight excluding hydrogens is 406 g/mol. The molecule has 0 bridgehead atoms. The number of carbonyl (C=O) groups is 1. The first kappa shape index (κ1) is 22.7. The van der Waals surface area contributed by atoms with Crippen molar-refractivity contribution in [3.05, 3.63) is 41.6 Å². The summed E-state index contributed by atoms with van der Waals surface area (Å²) < 4.78 is 11.0. The number of aromatic nitrogens is 2. The summed E-state index contributed by atoms with van der Waals surface area (Å²) in [6.07, 6.45) is 5.47. The van der Waals surface area contributed by atoms with Crippen LogP contribution in [-0.4, -0.2) is 60.1 Å². The summed E-state index contributed by atoms with van der Waals surface area (Å²) in [5, 5.41) is 3.11. The van der Waals surface area contributed by atoms with Crippen molar-refractivity contribution in [3.63, 3.8) is 0 Å². The van der Waals surface area contributed by atoms with Crippen molar-refractivity contribution in [2.45, 2.75) is 58.2 Å². The largest absolute Gasteiger partial charge is 0.462 e. The van der Waals surface area contributed by atoms with Gasteiger partial charge in [-0.05, 0) is 51.3 Å². The van der Waals surface area contributed by atoms with Gasteiger partial charge in [0.05, 0.1) is 18.2 Å². The van der Waals surface area contributed by atoms with Crippen molar-refractivity contribution in [2.75, 3.05) is 38.2 Å². The topological polar surface area (TPSA) is 83.7 Å². The summed E-state index contributed by atoms with van der Waals surface area (Å²) in [5.74, 6) is 2.44. The van der Waals surface area contributed by atoms with Gasteiger partial charge in [0.1, 0.15) is 18.1 Å². The summed E-state index contributed by atoms with van der Waals surface area (Å²) >= 11 is 0. The van der Waals surface area contributed by atoms with Crippen LogP contribution in [0.3, 0.4) is 0 Å². The highest BCUT2D eigenvalue weighted by atomic mass is 16.5. The Morgan fingerprint density at radius 3 is 2.72 bits per heavy atom. The Morgan fingerprint density at radius 1 is 1.19 bits per heavy atom. The Balaban J connectivity index is 1.52. The summed E-state index contributed by atoms with van der Waals surface area (Å²) in [5.41, 5.74) is 0.950. The molecule has 174 valence electrons. The Labute approximate surface area is 190 Å². The summed E-state index contributed by atoms with van der Waals surface area (Å²) in [4.78, 5) is 27.1. The fourth-order valence-electron chi connectivity index (χ4n) is 4.73. The second kappa shape index (κ2) is 10.4. The van der Waals surface area contributed by atoms with E-state index in [2.05, 4.69) is 20.1 Å². The van der Waals surface area contributed by atoms with Gasteiger partial charge >= 0.3 is 0 Å². The molecule has 2 fully saturated rings. The van der Waals surface area contributed by atoms with E-state index in [1.807, 2.05) is 38.2 Å². The number of anilines is 1. The van der Waals surface area contributed by atoms with Crippen LogP contribution in [0.15, 0.2) is 28.8 Å². The number of methoxy groups -OCH3 is 1. The molecule has 2 aromatic heterocycles. The minimum absolute atomic E-state index is 0.0219. The molecule has 0 aromatic carbocycles. The number of nitrogens with zero attached hydrogens (tertiary/aromatic N) is 4. The van der Waals surface area contributed by atoms with Gasteiger partial charge in [0.15, 0.2) is 0 Å². The lowest BCUT2D eigenvalue weighted by Gasteiger charge is -2.27. The first-order chi connectivity index (χ1) is 15.5. The number of ether oxygens (including phenoxy) is 1. The first-order valence-corrected chi connectivity index (χ1v) is 11.7. The minimum atomic E-state index is -0.157. The third-order valence-corrected chi connectivity index (χ3v) is 6.23. The van der Waals surface area contributed by atoms with E-state index >= 15 is 0 Å². The van der Waals surface area contributed by atoms with Crippen LogP contribution in [0.4, 0.5) is 5.95 Å². The maximum atomic E-state index is 13.1. The fourth-order valence-corrected chi connectivity index (χ4v) is 4.73. The molecule has 0 unspecified atom stereocenters. The molecule has 1 N–H and O–H groups in total. The van der Waals surface area contributed by atoms with Crippen molar-refractivity contribution in [1.29, 1.82) is 0 Å². The van der Waals surface area contributed by atoms with Crippen molar-refractivity contribution < 1.29 is 13.9 Å². The molecule has 8 heteroatoms. The predicted molar refractivity (Wildman–Crippen MR) is 122 cm³/mol. The number of nitrogens with one attached hydrogen (secondary N) is 1. The van der Waals surface area contributed by atoms with Gasteiger partial charge in [0.2, 0.25) is 11.9 Å². The van der Waals surface area contributed by atoms with Gasteiger partial charge in [0, 0.05) is 51.4 Å². The van der Waals surface area contributed by atoms with E-state index in [1.165, 1.54) is 19.3 Å². The van der Waals surface area contributed by atoms with Crippen molar-refractivity contribution in [2.24, 2.45) is 5.92 Å². The molecular formula is C24H35N5O3. The second-order valence-corrected chi connectivity index (χ2v) is 9.20. The number of hydrogen-bond acceptors (Lipinski definition) is 7. The van der Waals surface area contributed by atoms with E-state index in [9.17, 15) is 4.79 Å². The van der Waals surface area contributed by atoms with E-state index in [1.54, 1.807) is 7.11 Å². The third-order valence-electron chi connectivity index (χ3n) is 6.23. The van der Waals surface area contributed by atoms with Crippen LogP contribution in [0.2, 0.25) is 0 Å². The fraction of sp³-hybridized carbons (Fsp3) is 0.625. The van der Waals surface area contributed by atoms with E-state index in [0.29, 0.717) is 19.7 Å². The first-order valence-electron chi connectivity index (χ1n) is 11.7. The van der Waals surface area contributed by atoms with Crippen LogP contribution in [0, 0.1) is 5.92 Å². The number of amides is 1. The molecule has 2 aromatic rings. The smallest absolute Gasteiger partial charge is 0.225 e. The molecule has 2 aliphatic rings. The summed E-state index contributed by atoms with van der Waals surface area (Å²) in [7, 11) is 1.66. The molecule has 4 rings (SSSR count). The lowest BCUT2D eigenvalue weighted by Crippen LogP contribution is -2.38. The number of hydrogen-bond donors (Lipinski definition) is 1. The molecule has 1 amide bonds. The highest BCUT2D eigenvalue weighted by molar-refractivity contribution is 5.80. The average Bonchev–Trinajstić information content (AvgIpc) is 3.42. The van der Waals surface area contributed by atoms with E-state index in [-0.39, 0.29) is 23.8 Å². The van der Waals surface area contributed by atoms with Gasteiger partial charge in [0.25, 0.3) is 0 Å². The molecule has 32 heavy (non-hydrogen) atoms. The highest BCUT2D eigenvalue weighted by Crippen LogP contribution is 2.34. The van der Waals surface area contributed by atoms with Gasteiger partial charge in [-0.3, -0.25) is 9.69 Å². The molecule has 0 spiro atoms. The Morgan fingerprint density at radius 2 is 1.97 bits per heavy atom. The summed E-state index contributed by atoms with van der Waals surface area (Å²) in [6, 6.07) is 6.02. The molecule has 2 aliphatic heterocycles. The number of furan rings is 1. The molecule has 4 heterocycles. The average molecular weight is 442 g/mol. The SMILES string of the molecule is COCc1ccc(CN2C[C@@H](C(=O)NC(C)C)[C@H](c3ccnc(N4CCCCC4)n3)C2)o1. The number of likely N-dealkylation sites (tertiary alicyclic amines) is 1. The number of rotatable bonds is 8. The number of piperidine rings is 1. The maximum absolute atomic E-state index is 13.1. The quantitative estimate of drug-likeness (QED) is 0.674. The van der Waals surface area contributed by atoms with Crippen LogP contribution in [0.25, 0.3) is 0 Å². The maximum Gasteiger partial charge on any atom is 0.225 e. The third kappa shape index (κ3) is 5.48. The van der Waals surface area contributed by atoms with Crippen LogP contribution in [0.1, 0.15) is 56.2 Å². The van der Waals surface area contributed by atoms with E-state index in [0.717, 1.165) is 42.8 Å². The second-order valence-electron chi connectivity index (χ2n) is 9.20. The Bertz CT molecular complexity index is 893. The van der Waals surface area contributed by atoms with Crippen LogP contribution in [-0.2, 0) is 22.7 Å². The van der Waals surface area contributed by atoms with Gasteiger partial charge in [-0.15, -0.1) is 0 Å². The standard InChI is InChI=1S/C24H35N5O3/c1-17(2)26-23(30)21-15-28(13-18-7-8-19(32-18)16-31-3)14-20(21)22-9-10-25-24(27-22)29-11-5-4-6-12-29/h7-10,17,20-21H,4-6,11-16H2,1-3H3,(H,26,30)/t20-,21-/m1/s1.